The molecule has 102 valence electrons. The van der Waals surface area contributed by atoms with Gasteiger partial charge in [0.25, 0.3) is 0 Å². The first-order valence-electron chi connectivity index (χ1n) is 5.47. The number of anilines is 1. The van der Waals surface area contributed by atoms with E-state index < -0.39 is 6.36 Å². The Bertz CT molecular complexity index is 382. The van der Waals surface area contributed by atoms with Crippen molar-refractivity contribution in [3.8, 4) is 5.75 Å². The first kappa shape index (κ1) is 14.6. The van der Waals surface area contributed by atoms with E-state index in [0.717, 1.165) is 0 Å². The Balaban J connectivity index is 2.70. The van der Waals surface area contributed by atoms with Gasteiger partial charge in [-0.15, -0.1) is 13.2 Å². The SMILES string of the molecule is COC(C)C(C)Nc1cccc(OC(F)(F)F)c1. The minimum Gasteiger partial charge on any atom is -0.406 e. The molecule has 2 unspecified atom stereocenters. The molecule has 1 N–H and O–H groups in total. The largest absolute Gasteiger partial charge is 0.573 e. The molecule has 0 amide bonds. The lowest BCUT2D eigenvalue weighted by molar-refractivity contribution is -0.274. The Hall–Kier alpha value is -1.43. The zero-order chi connectivity index (χ0) is 13.8. The summed E-state index contributed by atoms with van der Waals surface area (Å²) < 4.78 is 45.1. The zero-order valence-electron chi connectivity index (χ0n) is 10.4. The van der Waals surface area contributed by atoms with Gasteiger partial charge in [0.1, 0.15) is 5.75 Å². The van der Waals surface area contributed by atoms with Crippen LogP contribution in [0.4, 0.5) is 18.9 Å². The maximum Gasteiger partial charge on any atom is 0.573 e. The van der Waals surface area contributed by atoms with E-state index in [1.807, 2.05) is 13.8 Å². The van der Waals surface area contributed by atoms with Crippen LogP contribution in [-0.4, -0.2) is 25.6 Å². The molecular formula is C12H16F3NO2. The fourth-order valence-corrected chi connectivity index (χ4v) is 1.37. The third-order valence-corrected chi connectivity index (χ3v) is 2.54. The van der Waals surface area contributed by atoms with Crippen LogP contribution < -0.4 is 10.1 Å². The smallest absolute Gasteiger partial charge is 0.406 e. The quantitative estimate of drug-likeness (QED) is 0.883. The van der Waals surface area contributed by atoms with Crippen LogP contribution in [-0.2, 0) is 4.74 Å². The van der Waals surface area contributed by atoms with Crippen LogP contribution in [0, 0.1) is 0 Å². The highest BCUT2D eigenvalue weighted by molar-refractivity contribution is 5.48. The summed E-state index contributed by atoms with van der Waals surface area (Å²) in [5.74, 6) is -0.246. The number of hydrogen-bond acceptors (Lipinski definition) is 3. The molecule has 0 aromatic heterocycles. The molecule has 0 saturated heterocycles. The van der Waals surface area contributed by atoms with Gasteiger partial charge in [-0.25, -0.2) is 0 Å². The Morgan fingerprint density at radius 2 is 1.89 bits per heavy atom. The molecular weight excluding hydrogens is 247 g/mol. The Morgan fingerprint density at radius 1 is 1.22 bits per heavy atom. The number of methoxy groups -OCH3 is 1. The van der Waals surface area contributed by atoms with Crippen molar-refractivity contribution in [3.63, 3.8) is 0 Å². The topological polar surface area (TPSA) is 30.5 Å². The standard InChI is InChI=1S/C12H16F3NO2/c1-8(9(2)17-3)16-10-5-4-6-11(7-10)18-12(13,14)15/h4-9,16H,1-3H3. The van der Waals surface area contributed by atoms with Gasteiger partial charge in [0, 0.05) is 24.9 Å². The maximum atomic E-state index is 12.1. The fraction of sp³-hybridized carbons (Fsp3) is 0.500. The highest BCUT2D eigenvalue weighted by Crippen LogP contribution is 2.25. The normalized spacial score (nSPS) is 15.0. The van der Waals surface area contributed by atoms with Crippen LogP contribution in [0.2, 0.25) is 0 Å². The molecule has 0 aliphatic rings. The average Bonchev–Trinajstić information content (AvgIpc) is 2.26. The highest BCUT2D eigenvalue weighted by atomic mass is 19.4. The van der Waals surface area contributed by atoms with Gasteiger partial charge in [0.15, 0.2) is 0 Å². The van der Waals surface area contributed by atoms with Crippen LogP contribution in [0.15, 0.2) is 24.3 Å². The number of ether oxygens (including phenoxy) is 2. The molecule has 2 atom stereocenters. The first-order valence-corrected chi connectivity index (χ1v) is 5.47. The third-order valence-electron chi connectivity index (χ3n) is 2.54. The van der Waals surface area contributed by atoms with Crippen molar-refractivity contribution in [1.29, 1.82) is 0 Å². The lowest BCUT2D eigenvalue weighted by Gasteiger charge is -2.21. The monoisotopic (exact) mass is 263 g/mol. The van der Waals surface area contributed by atoms with Gasteiger partial charge in [-0.3, -0.25) is 0 Å². The van der Waals surface area contributed by atoms with E-state index >= 15 is 0 Å². The van der Waals surface area contributed by atoms with Crippen LogP contribution in [0.25, 0.3) is 0 Å². The van der Waals surface area contributed by atoms with Gasteiger partial charge in [-0.05, 0) is 26.0 Å². The zero-order valence-corrected chi connectivity index (χ0v) is 10.4. The Labute approximate surface area is 104 Å². The second-order valence-electron chi connectivity index (χ2n) is 3.95. The number of nitrogens with one attached hydrogen (secondary N) is 1. The van der Waals surface area contributed by atoms with E-state index in [1.54, 1.807) is 13.2 Å². The second-order valence-corrected chi connectivity index (χ2v) is 3.95. The number of halogens is 3. The van der Waals surface area contributed by atoms with Crippen LogP contribution in [0.3, 0.4) is 0 Å². The summed E-state index contributed by atoms with van der Waals surface area (Å²) in [5, 5.41) is 3.05. The molecule has 0 aliphatic carbocycles. The van der Waals surface area contributed by atoms with Crippen molar-refractivity contribution in [1.82, 2.24) is 0 Å². The van der Waals surface area contributed by atoms with E-state index in [4.69, 9.17) is 4.74 Å². The lowest BCUT2D eigenvalue weighted by atomic mass is 10.2. The molecule has 0 fully saturated rings. The van der Waals surface area contributed by atoms with Gasteiger partial charge in [0.05, 0.1) is 6.10 Å². The molecule has 0 saturated carbocycles. The molecule has 1 aromatic rings. The molecule has 1 rings (SSSR count). The predicted octanol–water partition coefficient (Wildman–Crippen LogP) is 3.42. The number of benzene rings is 1. The molecule has 1 aromatic carbocycles. The summed E-state index contributed by atoms with van der Waals surface area (Å²) in [6.45, 7) is 3.75. The molecule has 18 heavy (non-hydrogen) atoms. The van der Waals surface area contributed by atoms with Crippen molar-refractivity contribution >= 4 is 5.69 Å². The third kappa shape index (κ3) is 4.83. The summed E-state index contributed by atoms with van der Waals surface area (Å²) in [5.41, 5.74) is 0.549. The minimum atomic E-state index is -4.68. The number of alkyl halides is 3. The maximum absolute atomic E-state index is 12.1. The van der Waals surface area contributed by atoms with Gasteiger partial charge < -0.3 is 14.8 Å². The number of rotatable bonds is 5. The Kier molecular flexibility index (Phi) is 4.84. The van der Waals surface area contributed by atoms with E-state index in [0.29, 0.717) is 5.69 Å². The molecule has 6 heteroatoms. The highest BCUT2D eigenvalue weighted by Gasteiger charge is 2.31. The van der Waals surface area contributed by atoms with E-state index in [9.17, 15) is 13.2 Å². The Morgan fingerprint density at radius 3 is 2.44 bits per heavy atom. The molecule has 0 radical (unpaired) electrons. The summed E-state index contributed by atoms with van der Waals surface area (Å²) in [6, 6.07) is 5.68. The summed E-state index contributed by atoms with van der Waals surface area (Å²) in [6.07, 6.45) is -4.73. The first-order chi connectivity index (χ1) is 8.31. The van der Waals surface area contributed by atoms with Crippen LogP contribution in [0.1, 0.15) is 13.8 Å². The van der Waals surface area contributed by atoms with Crippen LogP contribution in [0.5, 0.6) is 5.75 Å². The molecule has 0 heterocycles. The predicted molar refractivity (Wildman–Crippen MR) is 62.7 cm³/mol. The number of hydrogen-bond donors (Lipinski definition) is 1. The summed E-state index contributed by atoms with van der Waals surface area (Å²) in [7, 11) is 1.58. The van der Waals surface area contributed by atoms with Crippen molar-refractivity contribution in [2.75, 3.05) is 12.4 Å². The molecule has 0 aliphatic heterocycles. The fourth-order valence-electron chi connectivity index (χ4n) is 1.37. The molecule has 3 nitrogen and oxygen atoms in total. The average molecular weight is 263 g/mol. The van der Waals surface area contributed by atoms with E-state index in [1.165, 1.54) is 18.2 Å². The summed E-state index contributed by atoms with van der Waals surface area (Å²) >= 11 is 0. The minimum absolute atomic E-state index is 0.0314. The van der Waals surface area contributed by atoms with Crippen molar-refractivity contribution in [2.45, 2.75) is 32.4 Å². The molecule has 0 spiro atoms. The lowest BCUT2D eigenvalue weighted by Crippen LogP contribution is -2.29. The van der Waals surface area contributed by atoms with Gasteiger partial charge in [-0.2, -0.15) is 0 Å². The van der Waals surface area contributed by atoms with Crippen molar-refractivity contribution in [3.05, 3.63) is 24.3 Å². The van der Waals surface area contributed by atoms with Gasteiger partial charge in [-0.1, -0.05) is 6.07 Å². The van der Waals surface area contributed by atoms with Crippen molar-refractivity contribution < 1.29 is 22.6 Å². The van der Waals surface area contributed by atoms with E-state index in [2.05, 4.69) is 10.1 Å². The summed E-state index contributed by atoms with van der Waals surface area (Å²) in [4.78, 5) is 0. The van der Waals surface area contributed by atoms with Gasteiger partial charge in [0.2, 0.25) is 0 Å². The second kappa shape index (κ2) is 5.95. The van der Waals surface area contributed by atoms with Gasteiger partial charge >= 0.3 is 6.36 Å². The van der Waals surface area contributed by atoms with Crippen LogP contribution >= 0.6 is 0 Å². The van der Waals surface area contributed by atoms with Crippen molar-refractivity contribution in [2.24, 2.45) is 0 Å². The van der Waals surface area contributed by atoms with E-state index in [-0.39, 0.29) is 17.9 Å². The molecule has 0 bridgehead atoms.